The molecule has 88 valence electrons. The van der Waals surface area contributed by atoms with Crippen LogP contribution in [0.3, 0.4) is 0 Å². The molecule has 0 amide bonds. The van der Waals surface area contributed by atoms with E-state index in [0.29, 0.717) is 0 Å². The molecule has 2 nitrogen and oxygen atoms in total. The molecule has 7 fully saturated rings. The van der Waals surface area contributed by atoms with Gasteiger partial charge in [0.1, 0.15) is 0 Å². The molecular formula is C14H22N2. The molecule has 0 aromatic heterocycles. The number of nitrogens with two attached hydrogens (primary N) is 2. The van der Waals surface area contributed by atoms with Crippen molar-refractivity contribution in [2.75, 3.05) is 0 Å². The molecule has 0 aliphatic heterocycles. The van der Waals surface area contributed by atoms with Gasteiger partial charge < -0.3 is 11.5 Å². The van der Waals surface area contributed by atoms with E-state index in [1.165, 1.54) is 38.5 Å². The Hall–Kier alpha value is -0.0800. The fraction of sp³-hybridized carbons (Fsp3) is 1.00. The Morgan fingerprint density at radius 2 is 0.938 bits per heavy atom. The molecular weight excluding hydrogens is 196 g/mol. The normalized spacial score (nSPS) is 73.9. The van der Waals surface area contributed by atoms with E-state index in [2.05, 4.69) is 0 Å². The molecule has 0 aromatic rings. The molecule has 8 bridgehead atoms. The summed E-state index contributed by atoms with van der Waals surface area (Å²) >= 11 is 0. The lowest BCUT2D eigenvalue weighted by molar-refractivity contribution is -0.225. The van der Waals surface area contributed by atoms with Crippen LogP contribution in [0.1, 0.15) is 38.5 Å². The summed E-state index contributed by atoms with van der Waals surface area (Å²) in [6.07, 6.45) is 8.31. The predicted octanol–water partition coefficient (Wildman–Crippen LogP) is 1.49. The molecule has 7 aliphatic rings. The third kappa shape index (κ3) is 0.693. The van der Waals surface area contributed by atoms with Crippen molar-refractivity contribution in [1.29, 1.82) is 0 Å². The molecule has 7 saturated carbocycles. The van der Waals surface area contributed by atoms with Gasteiger partial charge in [0.15, 0.2) is 0 Å². The van der Waals surface area contributed by atoms with Crippen molar-refractivity contribution in [3.05, 3.63) is 0 Å². The molecule has 16 heavy (non-hydrogen) atoms. The summed E-state index contributed by atoms with van der Waals surface area (Å²) in [5, 5.41) is 0. The second kappa shape index (κ2) is 2.24. The Bertz CT molecular complexity index is 317. The quantitative estimate of drug-likeness (QED) is 0.647. The molecule has 7 aliphatic carbocycles. The maximum atomic E-state index is 6.86. The Balaban J connectivity index is 1.76. The van der Waals surface area contributed by atoms with E-state index in [-0.39, 0.29) is 11.1 Å². The Morgan fingerprint density at radius 3 is 1.25 bits per heavy atom. The molecule has 0 spiro atoms. The average molecular weight is 218 g/mol. The first kappa shape index (κ1) is 8.93. The first-order valence-electron chi connectivity index (χ1n) is 7.19. The highest BCUT2D eigenvalue weighted by Crippen LogP contribution is 2.72. The smallest absolute Gasteiger partial charge is 0.0221 e. The van der Waals surface area contributed by atoms with Crippen LogP contribution in [0.4, 0.5) is 0 Å². The zero-order valence-electron chi connectivity index (χ0n) is 9.86. The fourth-order valence-electron chi connectivity index (χ4n) is 7.15. The van der Waals surface area contributed by atoms with Crippen molar-refractivity contribution in [2.24, 2.45) is 47.0 Å². The summed E-state index contributed by atoms with van der Waals surface area (Å²) in [4.78, 5) is 0. The highest BCUT2D eigenvalue weighted by atomic mass is 15.0. The monoisotopic (exact) mass is 218 g/mol. The third-order valence-corrected chi connectivity index (χ3v) is 7.37. The third-order valence-electron chi connectivity index (χ3n) is 7.37. The summed E-state index contributed by atoms with van der Waals surface area (Å²) in [5.74, 6) is 5.04. The number of rotatable bonds is 0. The lowest BCUT2D eigenvalue weighted by Gasteiger charge is -2.76. The molecule has 0 radical (unpaired) electrons. The van der Waals surface area contributed by atoms with E-state index >= 15 is 0 Å². The largest absolute Gasteiger partial charge is 0.325 e. The second-order valence-corrected chi connectivity index (χ2v) is 7.73. The summed E-state index contributed by atoms with van der Waals surface area (Å²) in [6, 6.07) is 0. The molecule has 0 heterocycles. The van der Waals surface area contributed by atoms with Crippen molar-refractivity contribution in [2.45, 2.75) is 49.6 Å². The highest BCUT2D eigenvalue weighted by Gasteiger charge is 2.73. The maximum Gasteiger partial charge on any atom is 0.0221 e. The fourth-order valence-corrected chi connectivity index (χ4v) is 7.15. The van der Waals surface area contributed by atoms with Gasteiger partial charge in [0.2, 0.25) is 0 Å². The molecule has 4 N–H and O–H groups in total. The van der Waals surface area contributed by atoms with Crippen molar-refractivity contribution in [3.63, 3.8) is 0 Å². The maximum absolute atomic E-state index is 6.86. The van der Waals surface area contributed by atoms with Crippen LogP contribution in [0.5, 0.6) is 0 Å². The van der Waals surface area contributed by atoms with Gasteiger partial charge in [-0.3, -0.25) is 0 Å². The molecule has 2 heteroatoms. The minimum absolute atomic E-state index is 0.219. The topological polar surface area (TPSA) is 52.0 Å². The van der Waals surface area contributed by atoms with Crippen LogP contribution < -0.4 is 11.5 Å². The minimum atomic E-state index is 0.219. The second-order valence-electron chi connectivity index (χ2n) is 7.73. The first-order valence-corrected chi connectivity index (χ1v) is 7.19. The van der Waals surface area contributed by atoms with Crippen LogP contribution in [0.2, 0.25) is 0 Å². The Labute approximate surface area is 97.1 Å². The lowest BCUT2D eigenvalue weighted by atomic mass is 9.31. The SMILES string of the molecule is NC12CC3CC4C1CC1CC2C(C3)C4(N)C1. The van der Waals surface area contributed by atoms with Crippen LogP contribution in [0.25, 0.3) is 0 Å². The summed E-state index contributed by atoms with van der Waals surface area (Å²) in [6.45, 7) is 0. The van der Waals surface area contributed by atoms with E-state index in [9.17, 15) is 0 Å². The van der Waals surface area contributed by atoms with E-state index in [4.69, 9.17) is 11.5 Å². The van der Waals surface area contributed by atoms with Gasteiger partial charge in [-0.15, -0.1) is 0 Å². The van der Waals surface area contributed by atoms with Gasteiger partial charge in [-0.2, -0.15) is 0 Å². The van der Waals surface area contributed by atoms with Crippen molar-refractivity contribution >= 4 is 0 Å². The lowest BCUT2D eigenvalue weighted by Crippen LogP contribution is -2.82. The van der Waals surface area contributed by atoms with Crippen molar-refractivity contribution in [1.82, 2.24) is 0 Å². The Morgan fingerprint density at radius 1 is 0.625 bits per heavy atom. The average Bonchev–Trinajstić information content (AvgIpc) is 2.24. The summed E-state index contributed by atoms with van der Waals surface area (Å²) < 4.78 is 0. The number of hydrogen-bond acceptors (Lipinski definition) is 2. The molecule has 0 saturated heterocycles. The predicted molar refractivity (Wildman–Crippen MR) is 62.5 cm³/mol. The van der Waals surface area contributed by atoms with Gasteiger partial charge in [0.25, 0.3) is 0 Å². The van der Waals surface area contributed by atoms with Crippen molar-refractivity contribution < 1.29 is 0 Å². The zero-order chi connectivity index (χ0) is 10.7. The standard InChI is InChI=1S/C14H22N2/c15-13-6-8-3-10-9(13)1-7-2-11(13)12(4-8)14(10,16)5-7/h7-12H,1-6,15-16H2. The molecule has 7 rings (SSSR count). The van der Waals surface area contributed by atoms with Gasteiger partial charge in [-0.25, -0.2) is 0 Å². The van der Waals surface area contributed by atoms with E-state index < -0.39 is 0 Å². The molecule has 4 unspecified atom stereocenters. The van der Waals surface area contributed by atoms with Crippen LogP contribution >= 0.6 is 0 Å². The van der Waals surface area contributed by atoms with E-state index in [1.807, 2.05) is 0 Å². The summed E-state index contributed by atoms with van der Waals surface area (Å²) in [7, 11) is 0. The summed E-state index contributed by atoms with van der Waals surface area (Å²) in [5.41, 5.74) is 14.2. The molecule has 0 aromatic carbocycles. The first-order chi connectivity index (χ1) is 7.61. The minimum Gasteiger partial charge on any atom is -0.325 e. The van der Waals surface area contributed by atoms with Gasteiger partial charge in [-0.05, 0) is 74.0 Å². The van der Waals surface area contributed by atoms with Crippen LogP contribution in [0, 0.1) is 35.5 Å². The van der Waals surface area contributed by atoms with Crippen LogP contribution in [-0.4, -0.2) is 11.1 Å². The van der Waals surface area contributed by atoms with Crippen molar-refractivity contribution in [3.8, 4) is 0 Å². The van der Waals surface area contributed by atoms with Gasteiger partial charge in [0, 0.05) is 11.1 Å². The van der Waals surface area contributed by atoms with Gasteiger partial charge in [-0.1, -0.05) is 0 Å². The highest BCUT2D eigenvalue weighted by molar-refractivity contribution is 5.27. The van der Waals surface area contributed by atoms with E-state index in [1.54, 1.807) is 0 Å². The van der Waals surface area contributed by atoms with Gasteiger partial charge in [0.05, 0.1) is 0 Å². The van der Waals surface area contributed by atoms with Crippen LogP contribution in [-0.2, 0) is 0 Å². The van der Waals surface area contributed by atoms with Gasteiger partial charge >= 0.3 is 0 Å². The Kier molecular flexibility index (Phi) is 1.25. The van der Waals surface area contributed by atoms with E-state index in [0.717, 1.165) is 35.5 Å². The number of hydrogen-bond donors (Lipinski definition) is 2. The zero-order valence-corrected chi connectivity index (χ0v) is 9.86. The van der Waals surface area contributed by atoms with Crippen LogP contribution in [0.15, 0.2) is 0 Å². The molecule has 4 atom stereocenters.